The van der Waals surface area contributed by atoms with Crippen LogP contribution in [0.3, 0.4) is 0 Å². The average molecular weight is 303 g/mol. The molecule has 122 valence electrons. The van der Waals surface area contributed by atoms with E-state index in [4.69, 9.17) is 9.73 Å². The van der Waals surface area contributed by atoms with Crippen LogP contribution >= 0.6 is 0 Å². The molecule has 0 amide bonds. The maximum Gasteiger partial charge on any atom is 0.194 e. The fourth-order valence-corrected chi connectivity index (χ4v) is 2.89. The Labute approximate surface area is 134 Å². The summed E-state index contributed by atoms with van der Waals surface area (Å²) in [4.78, 5) is 7.23. The first-order valence-electron chi connectivity index (χ1n) is 8.15. The Morgan fingerprint density at radius 1 is 1.32 bits per heavy atom. The van der Waals surface area contributed by atoms with Gasteiger partial charge in [-0.3, -0.25) is 0 Å². The normalized spacial score (nSPS) is 17.8. The van der Waals surface area contributed by atoms with Gasteiger partial charge < -0.3 is 15.0 Å². The second kappa shape index (κ2) is 7.63. The van der Waals surface area contributed by atoms with E-state index < -0.39 is 0 Å². The molecule has 1 fully saturated rings. The Hall–Kier alpha value is -1.55. The van der Waals surface area contributed by atoms with Gasteiger partial charge in [0, 0.05) is 26.7 Å². The molecule has 1 aromatic rings. The molecule has 1 saturated heterocycles. The summed E-state index contributed by atoms with van der Waals surface area (Å²) in [5, 5.41) is 3.43. The zero-order valence-electron chi connectivity index (χ0n) is 14.4. The minimum atomic E-state index is 0.379. The summed E-state index contributed by atoms with van der Waals surface area (Å²) in [5.74, 6) is 1.03. The molecule has 1 aliphatic rings. The van der Waals surface area contributed by atoms with Crippen LogP contribution in [-0.2, 0) is 17.9 Å². The number of nitrogens with one attached hydrogen (secondary N) is 1. The van der Waals surface area contributed by atoms with E-state index >= 15 is 0 Å². The molecule has 1 aromatic carbocycles. The molecule has 0 saturated carbocycles. The number of rotatable bonds is 5. The summed E-state index contributed by atoms with van der Waals surface area (Å²) in [6, 6.07) is 8.36. The Balaban J connectivity index is 2.11. The standard InChI is InChI=1S/C18H29N3O/c1-5-19-17(21-11-10-18(2,3)14-21)20-12-15-8-6-7-9-16(15)13-22-4/h6-9H,5,10-14H2,1-4H3,(H,19,20). The van der Waals surface area contributed by atoms with Gasteiger partial charge >= 0.3 is 0 Å². The van der Waals surface area contributed by atoms with E-state index in [1.807, 2.05) is 0 Å². The third-order valence-electron chi connectivity index (χ3n) is 4.13. The summed E-state index contributed by atoms with van der Waals surface area (Å²) in [6.45, 7) is 11.1. The fraction of sp³-hybridized carbons (Fsp3) is 0.611. The minimum Gasteiger partial charge on any atom is -0.380 e. The SMILES string of the molecule is CCNC(=NCc1ccccc1COC)N1CCC(C)(C)C1. The van der Waals surface area contributed by atoms with E-state index in [9.17, 15) is 0 Å². The van der Waals surface area contributed by atoms with Crippen LogP contribution in [0.2, 0.25) is 0 Å². The first kappa shape index (κ1) is 16.8. The van der Waals surface area contributed by atoms with Crippen LogP contribution < -0.4 is 5.32 Å². The third kappa shape index (κ3) is 4.47. The van der Waals surface area contributed by atoms with Crippen LogP contribution in [0, 0.1) is 5.41 Å². The molecule has 1 heterocycles. The minimum absolute atomic E-state index is 0.379. The molecule has 0 spiro atoms. The summed E-state index contributed by atoms with van der Waals surface area (Å²) in [5.41, 5.74) is 2.83. The van der Waals surface area contributed by atoms with Gasteiger partial charge in [-0.25, -0.2) is 4.99 Å². The van der Waals surface area contributed by atoms with Crippen molar-refractivity contribution >= 4 is 5.96 Å². The van der Waals surface area contributed by atoms with Crippen molar-refractivity contribution in [3.05, 3.63) is 35.4 Å². The molecule has 1 aliphatic heterocycles. The van der Waals surface area contributed by atoms with Crippen LogP contribution in [0.5, 0.6) is 0 Å². The zero-order chi connectivity index (χ0) is 16.0. The number of aliphatic imine (C=N–C) groups is 1. The van der Waals surface area contributed by atoms with E-state index in [-0.39, 0.29) is 0 Å². The van der Waals surface area contributed by atoms with Crippen molar-refractivity contribution in [1.29, 1.82) is 0 Å². The van der Waals surface area contributed by atoms with Gasteiger partial charge in [-0.15, -0.1) is 0 Å². The van der Waals surface area contributed by atoms with Crippen LogP contribution in [0.25, 0.3) is 0 Å². The Bertz CT molecular complexity index is 511. The van der Waals surface area contributed by atoms with Crippen LogP contribution in [-0.4, -0.2) is 37.6 Å². The second-order valence-electron chi connectivity index (χ2n) is 6.71. The predicted octanol–water partition coefficient (Wildman–Crippen LogP) is 3.03. The summed E-state index contributed by atoms with van der Waals surface area (Å²) < 4.78 is 5.28. The molecule has 0 unspecified atom stereocenters. The van der Waals surface area contributed by atoms with Crippen molar-refractivity contribution in [2.75, 3.05) is 26.7 Å². The van der Waals surface area contributed by atoms with Gasteiger partial charge in [0.05, 0.1) is 13.2 Å². The lowest BCUT2D eigenvalue weighted by atomic mass is 9.93. The molecule has 2 rings (SSSR count). The molecule has 0 atom stereocenters. The highest BCUT2D eigenvalue weighted by atomic mass is 16.5. The largest absolute Gasteiger partial charge is 0.380 e. The van der Waals surface area contributed by atoms with E-state index in [0.717, 1.165) is 25.6 Å². The lowest BCUT2D eigenvalue weighted by Crippen LogP contribution is -2.40. The number of guanidine groups is 1. The topological polar surface area (TPSA) is 36.9 Å². The van der Waals surface area contributed by atoms with Gasteiger partial charge in [0.15, 0.2) is 5.96 Å². The molecule has 0 aromatic heterocycles. The molecule has 0 radical (unpaired) electrons. The number of nitrogens with zero attached hydrogens (tertiary/aromatic N) is 2. The second-order valence-corrected chi connectivity index (χ2v) is 6.71. The highest BCUT2D eigenvalue weighted by molar-refractivity contribution is 5.80. The molecule has 4 nitrogen and oxygen atoms in total. The molecule has 1 N–H and O–H groups in total. The van der Waals surface area contributed by atoms with Gasteiger partial charge in [-0.2, -0.15) is 0 Å². The van der Waals surface area contributed by atoms with Gasteiger partial charge in [0.2, 0.25) is 0 Å². The molecule has 22 heavy (non-hydrogen) atoms. The van der Waals surface area contributed by atoms with Crippen molar-refractivity contribution < 1.29 is 4.74 Å². The first-order chi connectivity index (χ1) is 10.6. The van der Waals surface area contributed by atoms with Crippen LogP contribution in [0.15, 0.2) is 29.3 Å². The monoisotopic (exact) mass is 303 g/mol. The number of benzene rings is 1. The van der Waals surface area contributed by atoms with E-state index in [1.165, 1.54) is 17.5 Å². The van der Waals surface area contributed by atoms with Gasteiger partial charge in [0.25, 0.3) is 0 Å². The van der Waals surface area contributed by atoms with Gasteiger partial charge in [-0.05, 0) is 29.9 Å². The number of ether oxygens (including phenoxy) is 1. The number of hydrogen-bond acceptors (Lipinski definition) is 2. The third-order valence-corrected chi connectivity index (χ3v) is 4.13. The van der Waals surface area contributed by atoms with Gasteiger partial charge in [-0.1, -0.05) is 38.1 Å². The fourth-order valence-electron chi connectivity index (χ4n) is 2.89. The van der Waals surface area contributed by atoms with Crippen LogP contribution in [0.4, 0.5) is 0 Å². The highest BCUT2D eigenvalue weighted by Crippen LogP contribution is 2.28. The first-order valence-corrected chi connectivity index (χ1v) is 8.15. The van der Waals surface area contributed by atoms with Gasteiger partial charge in [0.1, 0.15) is 0 Å². The summed E-state index contributed by atoms with van der Waals surface area (Å²) in [7, 11) is 1.73. The predicted molar refractivity (Wildman–Crippen MR) is 91.9 cm³/mol. The number of likely N-dealkylation sites (tertiary alicyclic amines) is 1. The Morgan fingerprint density at radius 3 is 2.64 bits per heavy atom. The lowest BCUT2D eigenvalue weighted by Gasteiger charge is -2.23. The quantitative estimate of drug-likeness (QED) is 0.671. The molecule has 4 heteroatoms. The smallest absolute Gasteiger partial charge is 0.194 e. The van der Waals surface area contributed by atoms with E-state index in [2.05, 4.69) is 55.3 Å². The van der Waals surface area contributed by atoms with Crippen molar-refractivity contribution in [1.82, 2.24) is 10.2 Å². The Kier molecular flexibility index (Phi) is 5.83. The molecular weight excluding hydrogens is 274 g/mol. The molecular formula is C18H29N3O. The van der Waals surface area contributed by atoms with E-state index in [0.29, 0.717) is 18.6 Å². The Morgan fingerprint density at radius 2 is 2.05 bits per heavy atom. The maximum atomic E-state index is 5.28. The molecule has 0 aliphatic carbocycles. The number of hydrogen-bond donors (Lipinski definition) is 1. The summed E-state index contributed by atoms with van der Waals surface area (Å²) >= 11 is 0. The van der Waals surface area contributed by atoms with Crippen molar-refractivity contribution in [2.24, 2.45) is 10.4 Å². The average Bonchev–Trinajstić information content (AvgIpc) is 2.85. The van der Waals surface area contributed by atoms with Crippen molar-refractivity contribution in [2.45, 2.75) is 40.3 Å². The van der Waals surface area contributed by atoms with Crippen LogP contribution in [0.1, 0.15) is 38.3 Å². The van der Waals surface area contributed by atoms with Crippen molar-refractivity contribution in [3.8, 4) is 0 Å². The van der Waals surface area contributed by atoms with Crippen molar-refractivity contribution in [3.63, 3.8) is 0 Å². The highest BCUT2D eigenvalue weighted by Gasteiger charge is 2.30. The lowest BCUT2D eigenvalue weighted by molar-refractivity contribution is 0.184. The zero-order valence-corrected chi connectivity index (χ0v) is 14.4. The van der Waals surface area contributed by atoms with E-state index in [1.54, 1.807) is 7.11 Å². The number of methoxy groups -OCH3 is 1. The molecule has 0 bridgehead atoms. The summed E-state index contributed by atoms with van der Waals surface area (Å²) in [6.07, 6.45) is 1.22. The maximum absolute atomic E-state index is 5.28.